The summed E-state index contributed by atoms with van der Waals surface area (Å²) in [4.78, 5) is 7.12. The zero-order valence-corrected chi connectivity index (χ0v) is 11.3. The van der Waals surface area contributed by atoms with Crippen molar-refractivity contribution in [1.29, 1.82) is 0 Å². The average molecular weight is 341 g/mol. The van der Waals surface area contributed by atoms with Crippen molar-refractivity contribution in [3.8, 4) is 5.75 Å². The van der Waals surface area contributed by atoms with Gasteiger partial charge in [-0.1, -0.05) is 23.7 Å². The van der Waals surface area contributed by atoms with Crippen LogP contribution in [-0.2, 0) is 0 Å². The lowest BCUT2D eigenvalue weighted by molar-refractivity contribution is 0.158. The number of nitrogens with two attached hydrogens (primary N) is 1. The summed E-state index contributed by atoms with van der Waals surface area (Å²) in [7, 11) is 0. The van der Waals surface area contributed by atoms with Crippen molar-refractivity contribution in [2.24, 2.45) is 15.7 Å². The molecule has 0 heterocycles. The molecule has 0 saturated heterocycles. The van der Waals surface area contributed by atoms with Gasteiger partial charge in [-0.05, 0) is 28.1 Å². The van der Waals surface area contributed by atoms with Gasteiger partial charge in [0, 0.05) is 0 Å². The number of nitrogens with zero attached hydrogens (tertiary/aromatic N) is 2. The summed E-state index contributed by atoms with van der Waals surface area (Å²) >= 11 is 8.71. The van der Waals surface area contributed by atoms with E-state index in [2.05, 4.69) is 25.9 Å². The Morgan fingerprint density at radius 1 is 1.44 bits per heavy atom. The van der Waals surface area contributed by atoms with Crippen molar-refractivity contribution in [3.05, 3.63) is 29.3 Å². The minimum Gasteiger partial charge on any atom is -0.423 e. The lowest BCUT2D eigenvalue weighted by Gasteiger charge is -2.06. The van der Waals surface area contributed by atoms with Crippen LogP contribution in [0.25, 0.3) is 0 Å². The molecule has 0 bridgehead atoms. The number of benzene rings is 1. The van der Waals surface area contributed by atoms with Crippen molar-refractivity contribution in [2.45, 2.75) is 6.43 Å². The van der Waals surface area contributed by atoms with E-state index in [9.17, 15) is 8.78 Å². The second-order valence-corrected chi connectivity index (χ2v) is 4.20. The second-order valence-electron chi connectivity index (χ2n) is 2.98. The summed E-state index contributed by atoms with van der Waals surface area (Å²) in [5.74, 6) is 0.254. The standard InChI is InChI=1S/C10H9BrClF2N3O/c11-9(15)17-10(16-5-8(13)14)18-7-4-2-1-3-6(7)12/h1-4,8H,5H2,(H2,15,16,17). The molecule has 2 N–H and O–H groups in total. The topological polar surface area (TPSA) is 60.0 Å². The van der Waals surface area contributed by atoms with Gasteiger partial charge in [-0.3, -0.25) is 0 Å². The summed E-state index contributed by atoms with van der Waals surface area (Å²) in [5, 5.41) is 0.311. The van der Waals surface area contributed by atoms with Crippen LogP contribution in [0.3, 0.4) is 0 Å². The van der Waals surface area contributed by atoms with Gasteiger partial charge in [-0.15, -0.1) is 0 Å². The smallest absolute Gasteiger partial charge is 0.319 e. The zero-order chi connectivity index (χ0) is 13.5. The van der Waals surface area contributed by atoms with Crippen molar-refractivity contribution < 1.29 is 13.5 Å². The van der Waals surface area contributed by atoms with E-state index in [1.165, 1.54) is 0 Å². The Bertz CT molecular complexity index is 464. The molecule has 0 spiro atoms. The molecule has 0 aromatic heterocycles. The van der Waals surface area contributed by atoms with Gasteiger partial charge in [0.2, 0.25) is 0 Å². The molecule has 1 aromatic rings. The number of halogens is 4. The molecule has 0 aliphatic heterocycles. The highest BCUT2D eigenvalue weighted by molar-refractivity contribution is 9.18. The average Bonchev–Trinajstić information content (AvgIpc) is 2.28. The molecule has 0 unspecified atom stereocenters. The van der Waals surface area contributed by atoms with Crippen molar-refractivity contribution >= 4 is 38.3 Å². The van der Waals surface area contributed by atoms with E-state index >= 15 is 0 Å². The van der Waals surface area contributed by atoms with E-state index in [0.717, 1.165) is 0 Å². The van der Waals surface area contributed by atoms with Crippen LogP contribution in [0.2, 0.25) is 5.02 Å². The van der Waals surface area contributed by atoms with Gasteiger partial charge in [0.05, 0.1) is 5.02 Å². The quantitative estimate of drug-likeness (QED) is 0.522. The maximum absolute atomic E-state index is 12.1. The summed E-state index contributed by atoms with van der Waals surface area (Å²) < 4.78 is 29.3. The maximum atomic E-state index is 12.1. The number of para-hydroxylation sites is 1. The lowest BCUT2D eigenvalue weighted by Crippen LogP contribution is -2.13. The number of amidine groups is 2. The molecule has 0 radical (unpaired) electrons. The third-order valence-corrected chi connectivity index (χ3v) is 2.09. The maximum Gasteiger partial charge on any atom is 0.319 e. The Morgan fingerprint density at radius 2 is 2.11 bits per heavy atom. The highest BCUT2D eigenvalue weighted by Crippen LogP contribution is 2.23. The van der Waals surface area contributed by atoms with Crippen LogP contribution >= 0.6 is 27.5 Å². The molecule has 0 amide bonds. The van der Waals surface area contributed by atoms with E-state index in [0.29, 0.717) is 5.02 Å². The predicted octanol–water partition coefficient (Wildman–Crippen LogP) is 3.05. The first-order chi connectivity index (χ1) is 8.49. The first kappa shape index (κ1) is 14.8. The van der Waals surface area contributed by atoms with E-state index in [4.69, 9.17) is 22.1 Å². The van der Waals surface area contributed by atoms with Crippen LogP contribution in [0.5, 0.6) is 5.75 Å². The Hall–Kier alpha value is -1.21. The second kappa shape index (κ2) is 7.27. The van der Waals surface area contributed by atoms with E-state index in [-0.39, 0.29) is 16.5 Å². The fourth-order valence-electron chi connectivity index (χ4n) is 0.955. The summed E-state index contributed by atoms with van der Waals surface area (Å²) in [6.07, 6.45) is -2.60. The van der Waals surface area contributed by atoms with Gasteiger partial charge in [-0.2, -0.15) is 4.99 Å². The number of hydrogen-bond acceptors (Lipinski definition) is 2. The molecule has 1 rings (SSSR count). The number of rotatable bonds is 3. The van der Waals surface area contributed by atoms with Gasteiger partial charge >= 0.3 is 6.02 Å². The van der Waals surface area contributed by atoms with Crippen LogP contribution in [0, 0.1) is 0 Å². The molecule has 0 aliphatic carbocycles. The SMILES string of the molecule is N/C(Br)=N\C(=NCC(F)F)Oc1ccccc1Cl. The number of ether oxygens (including phenoxy) is 1. The van der Waals surface area contributed by atoms with Gasteiger partial charge in [0.25, 0.3) is 6.43 Å². The number of hydrogen-bond donors (Lipinski definition) is 1. The normalized spacial score (nSPS) is 12.9. The van der Waals surface area contributed by atoms with E-state index in [1.54, 1.807) is 24.3 Å². The summed E-state index contributed by atoms with van der Waals surface area (Å²) in [5.41, 5.74) is 5.28. The van der Waals surface area contributed by atoms with E-state index < -0.39 is 13.0 Å². The molecule has 1 aromatic carbocycles. The van der Waals surface area contributed by atoms with Gasteiger partial charge in [0.15, 0.2) is 4.74 Å². The molecule has 4 nitrogen and oxygen atoms in total. The monoisotopic (exact) mass is 339 g/mol. The van der Waals surface area contributed by atoms with Crippen LogP contribution in [0.15, 0.2) is 34.3 Å². The third kappa shape index (κ3) is 5.42. The molecule has 0 atom stereocenters. The first-order valence-electron chi connectivity index (χ1n) is 4.73. The van der Waals surface area contributed by atoms with Crippen molar-refractivity contribution in [3.63, 3.8) is 0 Å². The minimum absolute atomic E-state index is 0.0393. The Balaban J connectivity index is 2.89. The number of aliphatic imine (C=N–C) groups is 2. The lowest BCUT2D eigenvalue weighted by atomic mass is 10.3. The molecule has 98 valence electrons. The number of alkyl halides is 2. The largest absolute Gasteiger partial charge is 0.423 e. The Kier molecular flexibility index (Phi) is 6.00. The fourth-order valence-corrected chi connectivity index (χ4v) is 1.28. The van der Waals surface area contributed by atoms with Crippen LogP contribution in [0.1, 0.15) is 0 Å². The molecule has 8 heteroatoms. The minimum atomic E-state index is -2.60. The van der Waals surface area contributed by atoms with Gasteiger partial charge < -0.3 is 10.5 Å². The molecule has 0 fully saturated rings. The van der Waals surface area contributed by atoms with Crippen molar-refractivity contribution in [1.82, 2.24) is 0 Å². The summed E-state index contributed by atoms with van der Waals surface area (Å²) in [6.45, 7) is -0.733. The van der Waals surface area contributed by atoms with Gasteiger partial charge in [-0.25, -0.2) is 13.8 Å². The van der Waals surface area contributed by atoms with Crippen LogP contribution in [-0.4, -0.2) is 23.7 Å². The third-order valence-electron chi connectivity index (χ3n) is 1.60. The molecular formula is C10H9BrClF2N3O. The Labute approximate surface area is 116 Å². The highest BCUT2D eigenvalue weighted by Gasteiger charge is 2.08. The first-order valence-corrected chi connectivity index (χ1v) is 5.90. The van der Waals surface area contributed by atoms with Gasteiger partial charge in [0.1, 0.15) is 12.3 Å². The van der Waals surface area contributed by atoms with Crippen LogP contribution in [0.4, 0.5) is 8.78 Å². The molecule has 0 aliphatic rings. The zero-order valence-electron chi connectivity index (χ0n) is 8.99. The molecule has 0 saturated carbocycles. The van der Waals surface area contributed by atoms with Crippen LogP contribution < -0.4 is 10.5 Å². The Morgan fingerprint density at radius 3 is 2.67 bits per heavy atom. The highest BCUT2D eigenvalue weighted by atomic mass is 79.9. The summed E-state index contributed by atoms with van der Waals surface area (Å²) in [6, 6.07) is 6.22. The van der Waals surface area contributed by atoms with E-state index in [1.807, 2.05) is 0 Å². The predicted molar refractivity (Wildman–Crippen MR) is 70.9 cm³/mol. The molecular weight excluding hydrogens is 331 g/mol. The molecule has 18 heavy (non-hydrogen) atoms. The fraction of sp³-hybridized carbons (Fsp3) is 0.200. The van der Waals surface area contributed by atoms with Crippen molar-refractivity contribution in [2.75, 3.05) is 6.54 Å².